The third-order valence-electron chi connectivity index (χ3n) is 5.70. The summed E-state index contributed by atoms with van der Waals surface area (Å²) < 4.78 is 0. The molecule has 0 aliphatic heterocycles. The molecule has 0 spiro atoms. The van der Waals surface area contributed by atoms with Crippen LogP contribution in [-0.4, -0.2) is 22.8 Å². The number of primary amides is 1. The number of nitrogens with one attached hydrogen (secondary N) is 1. The van der Waals surface area contributed by atoms with Crippen molar-refractivity contribution in [1.29, 1.82) is 0 Å². The molecule has 0 bridgehead atoms. The number of carbonyl (C=O) groups is 2. The smallest absolute Gasteiger partial charge is 0.252 e. The SMILES string of the molecule is NC(=O)[C@@H](NC(=O)c1ccnc2ccccc12)C1c2ccccc2-c2ccccc21. The summed E-state index contributed by atoms with van der Waals surface area (Å²) in [7, 11) is 0. The molecule has 3 aromatic carbocycles. The number of hydrogen-bond acceptors (Lipinski definition) is 3. The zero-order chi connectivity index (χ0) is 20.7. The van der Waals surface area contributed by atoms with Gasteiger partial charge in [0.05, 0.1) is 11.1 Å². The maximum atomic E-state index is 13.2. The molecule has 5 rings (SSSR count). The van der Waals surface area contributed by atoms with Crippen LogP contribution in [0.3, 0.4) is 0 Å². The van der Waals surface area contributed by atoms with E-state index in [1.54, 1.807) is 12.3 Å². The van der Waals surface area contributed by atoms with Gasteiger partial charge in [-0.2, -0.15) is 0 Å². The number of fused-ring (bicyclic) bond motifs is 4. The molecule has 0 saturated carbocycles. The monoisotopic (exact) mass is 393 g/mol. The van der Waals surface area contributed by atoms with Gasteiger partial charge in [0.1, 0.15) is 6.04 Å². The second-order valence-electron chi connectivity index (χ2n) is 7.38. The average Bonchev–Trinajstić information content (AvgIpc) is 3.11. The minimum atomic E-state index is -0.880. The van der Waals surface area contributed by atoms with Gasteiger partial charge < -0.3 is 11.1 Å². The third-order valence-corrected chi connectivity index (χ3v) is 5.70. The van der Waals surface area contributed by atoms with E-state index in [4.69, 9.17) is 5.73 Å². The minimum absolute atomic E-state index is 0.341. The van der Waals surface area contributed by atoms with E-state index < -0.39 is 11.9 Å². The van der Waals surface area contributed by atoms with Crippen molar-refractivity contribution < 1.29 is 9.59 Å². The van der Waals surface area contributed by atoms with Crippen molar-refractivity contribution in [3.05, 3.63) is 102 Å². The maximum Gasteiger partial charge on any atom is 0.252 e. The van der Waals surface area contributed by atoms with E-state index in [2.05, 4.69) is 10.3 Å². The molecule has 3 N–H and O–H groups in total. The second kappa shape index (κ2) is 7.12. The summed E-state index contributed by atoms with van der Waals surface area (Å²) in [6.07, 6.45) is 1.59. The van der Waals surface area contributed by atoms with Crippen molar-refractivity contribution in [2.45, 2.75) is 12.0 Å². The van der Waals surface area contributed by atoms with E-state index in [1.807, 2.05) is 72.8 Å². The van der Waals surface area contributed by atoms with Gasteiger partial charge in [-0.05, 0) is 34.4 Å². The molecule has 0 unspecified atom stereocenters. The highest BCUT2D eigenvalue weighted by Crippen LogP contribution is 2.46. The molecular formula is C25H19N3O2. The molecule has 0 saturated heterocycles. The Hall–Kier alpha value is -3.99. The highest BCUT2D eigenvalue weighted by atomic mass is 16.2. The van der Waals surface area contributed by atoms with Crippen molar-refractivity contribution in [2.75, 3.05) is 0 Å². The van der Waals surface area contributed by atoms with Gasteiger partial charge in [-0.15, -0.1) is 0 Å². The van der Waals surface area contributed by atoms with Crippen molar-refractivity contribution in [2.24, 2.45) is 5.73 Å². The normalized spacial score (nSPS) is 13.5. The summed E-state index contributed by atoms with van der Waals surface area (Å²) in [6, 6.07) is 24.1. The number of nitrogens with two attached hydrogens (primary N) is 1. The first-order chi connectivity index (χ1) is 14.6. The molecule has 1 aliphatic rings. The molecule has 1 heterocycles. The van der Waals surface area contributed by atoms with Crippen LogP contribution in [-0.2, 0) is 4.79 Å². The van der Waals surface area contributed by atoms with Crippen LogP contribution in [0.1, 0.15) is 27.4 Å². The van der Waals surface area contributed by atoms with Crippen LogP contribution in [0.15, 0.2) is 85.1 Å². The molecule has 0 radical (unpaired) electrons. The zero-order valence-electron chi connectivity index (χ0n) is 16.1. The van der Waals surface area contributed by atoms with Crippen LogP contribution >= 0.6 is 0 Å². The van der Waals surface area contributed by atoms with Crippen LogP contribution in [0, 0.1) is 0 Å². The summed E-state index contributed by atoms with van der Waals surface area (Å²) in [5.74, 6) is -1.26. The third kappa shape index (κ3) is 2.83. The standard InChI is InChI=1S/C25H19N3O2/c26-24(29)23(28-25(30)20-13-14-27-21-12-6-5-9-17(20)21)22-18-10-3-1-7-15(18)16-8-2-4-11-19(16)22/h1-14,22-23H,(H2,26,29)(H,28,30)/t23-/m0/s1. The first-order valence-electron chi connectivity index (χ1n) is 9.77. The fourth-order valence-corrected chi connectivity index (χ4v) is 4.39. The number of para-hydroxylation sites is 1. The molecule has 4 aromatic rings. The lowest BCUT2D eigenvalue weighted by atomic mass is 9.88. The molecular weight excluding hydrogens is 374 g/mol. The van der Waals surface area contributed by atoms with E-state index in [0.29, 0.717) is 5.56 Å². The van der Waals surface area contributed by atoms with E-state index in [9.17, 15) is 9.59 Å². The Balaban J connectivity index is 1.57. The lowest BCUT2D eigenvalue weighted by Gasteiger charge is -2.24. The Bertz CT molecular complexity index is 1250. The Morgan fingerprint density at radius 3 is 2.10 bits per heavy atom. The van der Waals surface area contributed by atoms with Gasteiger partial charge in [-0.25, -0.2) is 0 Å². The molecule has 0 fully saturated rings. The Kier molecular flexibility index (Phi) is 4.29. The Morgan fingerprint density at radius 1 is 0.833 bits per heavy atom. The largest absolute Gasteiger partial charge is 0.368 e. The van der Waals surface area contributed by atoms with Gasteiger partial charge in [0.25, 0.3) is 5.91 Å². The lowest BCUT2D eigenvalue weighted by Crippen LogP contribution is -2.48. The summed E-state index contributed by atoms with van der Waals surface area (Å²) in [5.41, 5.74) is 11.1. The Morgan fingerprint density at radius 2 is 1.43 bits per heavy atom. The van der Waals surface area contributed by atoms with Crippen LogP contribution in [0.5, 0.6) is 0 Å². The van der Waals surface area contributed by atoms with Crippen molar-refractivity contribution in [1.82, 2.24) is 10.3 Å². The molecule has 1 aromatic heterocycles. The summed E-state index contributed by atoms with van der Waals surface area (Å²) in [5, 5.41) is 3.64. The number of pyridine rings is 1. The predicted octanol–water partition coefficient (Wildman–Crippen LogP) is 3.63. The van der Waals surface area contributed by atoms with Crippen molar-refractivity contribution >= 4 is 22.7 Å². The molecule has 30 heavy (non-hydrogen) atoms. The van der Waals surface area contributed by atoms with Gasteiger partial charge in [0.15, 0.2) is 0 Å². The number of nitrogens with zero attached hydrogens (tertiary/aromatic N) is 1. The predicted molar refractivity (Wildman–Crippen MR) is 116 cm³/mol. The quantitative estimate of drug-likeness (QED) is 0.555. The minimum Gasteiger partial charge on any atom is -0.368 e. The van der Waals surface area contributed by atoms with Crippen LogP contribution < -0.4 is 11.1 Å². The van der Waals surface area contributed by atoms with Crippen molar-refractivity contribution in [3.63, 3.8) is 0 Å². The number of carbonyl (C=O) groups excluding carboxylic acids is 2. The van der Waals surface area contributed by atoms with Crippen LogP contribution in [0.4, 0.5) is 0 Å². The summed E-state index contributed by atoms with van der Waals surface area (Å²) in [6.45, 7) is 0. The number of benzene rings is 3. The highest BCUT2D eigenvalue weighted by Gasteiger charge is 2.38. The topological polar surface area (TPSA) is 85.1 Å². The second-order valence-corrected chi connectivity index (χ2v) is 7.38. The molecule has 5 heteroatoms. The van der Waals surface area contributed by atoms with E-state index in [1.165, 1.54) is 0 Å². The van der Waals surface area contributed by atoms with Gasteiger partial charge >= 0.3 is 0 Å². The van der Waals surface area contributed by atoms with E-state index in [0.717, 1.165) is 33.2 Å². The van der Waals surface area contributed by atoms with Crippen LogP contribution in [0.25, 0.3) is 22.0 Å². The van der Waals surface area contributed by atoms with E-state index >= 15 is 0 Å². The van der Waals surface area contributed by atoms with Crippen LogP contribution in [0.2, 0.25) is 0 Å². The van der Waals surface area contributed by atoms with Gasteiger partial charge in [-0.1, -0.05) is 66.7 Å². The van der Waals surface area contributed by atoms with E-state index in [-0.39, 0.29) is 11.8 Å². The average molecular weight is 393 g/mol. The summed E-state index contributed by atoms with van der Waals surface area (Å²) in [4.78, 5) is 30.0. The molecule has 2 amide bonds. The maximum absolute atomic E-state index is 13.2. The first kappa shape index (κ1) is 18.1. The number of hydrogen-bond donors (Lipinski definition) is 2. The zero-order valence-corrected chi connectivity index (χ0v) is 16.1. The number of aromatic nitrogens is 1. The lowest BCUT2D eigenvalue weighted by molar-refractivity contribution is -0.120. The highest BCUT2D eigenvalue weighted by molar-refractivity contribution is 6.07. The van der Waals surface area contributed by atoms with Gasteiger partial charge in [0, 0.05) is 17.5 Å². The summed E-state index contributed by atoms with van der Waals surface area (Å²) >= 11 is 0. The molecule has 5 nitrogen and oxygen atoms in total. The fraction of sp³-hybridized carbons (Fsp3) is 0.0800. The van der Waals surface area contributed by atoms with Gasteiger partial charge in [0.2, 0.25) is 5.91 Å². The number of rotatable bonds is 4. The van der Waals surface area contributed by atoms with Crippen molar-refractivity contribution in [3.8, 4) is 11.1 Å². The first-order valence-corrected chi connectivity index (χ1v) is 9.77. The molecule has 1 atom stereocenters. The van der Waals surface area contributed by atoms with Gasteiger partial charge in [-0.3, -0.25) is 14.6 Å². The fourth-order valence-electron chi connectivity index (χ4n) is 4.39. The molecule has 146 valence electrons. The number of amides is 2. The Labute approximate surface area is 173 Å². The molecule has 1 aliphatic carbocycles.